The highest BCUT2D eigenvalue weighted by atomic mass is 32.1. The summed E-state index contributed by atoms with van der Waals surface area (Å²) < 4.78 is 5.51. The van der Waals surface area contributed by atoms with Gasteiger partial charge in [-0.25, -0.2) is 9.78 Å². The molecule has 3 aromatic rings. The number of thiazole rings is 1. The molecule has 2 aliphatic rings. The van der Waals surface area contributed by atoms with Crippen LogP contribution >= 0.6 is 11.3 Å². The van der Waals surface area contributed by atoms with Crippen LogP contribution in [-0.2, 0) is 0 Å². The van der Waals surface area contributed by atoms with Crippen molar-refractivity contribution in [1.29, 1.82) is 0 Å². The molecule has 1 aliphatic heterocycles. The standard InChI is InChI=1S/C28H32N4O4S/c1-18(33)25-16-21-15-22(7-8-24(21)36-25)30-26(34)23-17-37-27(31-23)20-10-13-32(14-11-20)28(35)29-12-9-19-5-3-2-4-6-19/h5,7-8,15-17,20H,2-4,6,9-14H2,1H3,(H,29,35)(H,30,34). The van der Waals surface area contributed by atoms with E-state index in [2.05, 4.69) is 21.7 Å². The number of nitrogens with zero attached hydrogens (tertiary/aromatic N) is 2. The Morgan fingerprint density at radius 1 is 1.16 bits per heavy atom. The van der Waals surface area contributed by atoms with Gasteiger partial charge in [0.25, 0.3) is 5.91 Å². The zero-order valence-corrected chi connectivity index (χ0v) is 21.9. The monoisotopic (exact) mass is 520 g/mol. The molecule has 5 rings (SSSR count). The average Bonchev–Trinajstić information content (AvgIpc) is 3.57. The summed E-state index contributed by atoms with van der Waals surface area (Å²) in [5.41, 5.74) is 3.06. The Hall–Kier alpha value is -3.46. The summed E-state index contributed by atoms with van der Waals surface area (Å²) >= 11 is 1.49. The lowest BCUT2D eigenvalue weighted by molar-refractivity contribution is 0.0987. The Morgan fingerprint density at radius 2 is 2.00 bits per heavy atom. The Bertz CT molecular complexity index is 1330. The number of hydrogen-bond acceptors (Lipinski definition) is 6. The van der Waals surface area contributed by atoms with Crippen LogP contribution in [0.5, 0.6) is 0 Å². The number of benzene rings is 1. The van der Waals surface area contributed by atoms with E-state index < -0.39 is 0 Å². The van der Waals surface area contributed by atoms with Gasteiger partial charge in [-0.1, -0.05) is 11.6 Å². The highest BCUT2D eigenvalue weighted by molar-refractivity contribution is 7.10. The van der Waals surface area contributed by atoms with Gasteiger partial charge >= 0.3 is 6.03 Å². The number of likely N-dealkylation sites (tertiary alicyclic amines) is 1. The van der Waals surface area contributed by atoms with Crippen LogP contribution in [0.3, 0.4) is 0 Å². The number of urea groups is 1. The van der Waals surface area contributed by atoms with Crippen molar-refractivity contribution >= 4 is 45.7 Å². The maximum absolute atomic E-state index is 12.8. The first kappa shape index (κ1) is 25.2. The first-order valence-corrected chi connectivity index (χ1v) is 13.9. The Kier molecular flexibility index (Phi) is 7.69. The maximum Gasteiger partial charge on any atom is 0.317 e. The molecular weight excluding hydrogens is 488 g/mol. The summed E-state index contributed by atoms with van der Waals surface area (Å²) in [7, 11) is 0. The normalized spacial score (nSPS) is 16.5. The lowest BCUT2D eigenvalue weighted by Gasteiger charge is -2.31. The highest BCUT2D eigenvalue weighted by Gasteiger charge is 2.26. The molecule has 1 fully saturated rings. The van der Waals surface area contributed by atoms with Crippen molar-refractivity contribution in [2.75, 3.05) is 25.0 Å². The first-order chi connectivity index (χ1) is 18.0. The fourth-order valence-electron chi connectivity index (χ4n) is 4.97. The minimum atomic E-state index is -0.276. The molecule has 9 heteroatoms. The summed E-state index contributed by atoms with van der Waals surface area (Å²) in [5.74, 6) is 0.122. The number of aromatic nitrogens is 1. The highest BCUT2D eigenvalue weighted by Crippen LogP contribution is 2.31. The van der Waals surface area contributed by atoms with E-state index in [1.165, 1.54) is 43.1 Å². The van der Waals surface area contributed by atoms with Gasteiger partial charge in [0, 0.05) is 48.9 Å². The maximum atomic E-state index is 12.8. The van der Waals surface area contributed by atoms with Crippen molar-refractivity contribution in [3.05, 3.63) is 57.8 Å². The number of ketones is 1. The van der Waals surface area contributed by atoms with Crippen molar-refractivity contribution in [2.24, 2.45) is 0 Å². The van der Waals surface area contributed by atoms with Gasteiger partial charge in [-0.15, -0.1) is 11.3 Å². The molecule has 194 valence electrons. The number of hydrogen-bond donors (Lipinski definition) is 2. The molecule has 0 spiro atoms. The Balaban J connectivity index is 1.11. The average molecular weight is 521 g/mol. The number of allylic oxidation sites excluding steroid dienone is 1. The third-order valence-electron chi connectivity index (χ3n) is 7.11. The van der Waals surface area contributed by atoms with E-state index in [1.54, 1.807) is 29.6 Å². The molecule has 37 heavy (non-hydrogen) atoms. The molecular formula is C28H32N4O4S. The fraction of sp³-hybridized carbons (Fsp3) is 0.429. The predicted octanol–water partition coefficient (Wildman–Crippen LogP) is 6.12. The smallest absolute Gasteiger partial charge is 0.317 e. The van der Waals surface area contributed by atoms with Gasteiger partial charge < -0.3 is 20.0 Å². The van der Waals surface area contributed by atoms with Gasteiger partial charge in [0.15, 0.2) is 11.5 Å². The van der Waals surface area contributed by atoms with Crippen LogP contribution in [0.4, 0.5) is 10.5 Å². The van der Waals surface area contributed by atoms with E-state index >= 15 is 0 Å². The van der Waals surface area contributed by atoms with E-state index in [9.17, 15) is 14.4 Å². The number of fused-ring (bicyclic) bond motifs is 1. The van der Waals surface area contributed by atoms with Gasteiger partial charge in [0.05, 0.1) is 5.01 Å². The van der Waals surface area contributed by atoms with Crippen LogP contribution in [0.25, 0.3) is 11.0 Å². The Labute approximate surface area is 220 Å². The first-order valence-electron chi connectivity index (χ1n) is 13.0. The van der Waals surface area contributed by atoms with Crippen molar-refractivity contribution < 1.29 is 18.8 Å². The largest absolute Gasteiger partial charge is 0.453 e. The number of rotatable bonds is 7. The summed E-state index contributed by atoms with van der Waals surface area (Å²) in [6.07, 6.45) is 9.82. The lowest BCUT2D eigenvalue weighted by atomic mass is 9.97. The fourth-order valence-corrected chi connectivity index (χ4v) is 5.94. The summed E-state index contributed by atoms with van der Waals surface area (Å²) in [6, 6.07) is 6.95. The molecule has 3 heterocycles. The topological polar surface area (TPSA) is 105 Å². The molecule has 8 nitrogen and oxygen atoms in total. The van der Waals surface area contributed by atoms with Crippen molar-refractivity contribution in [3.63, 3.8) is 0 Å². The van der Waals surface area contributed by atoms with Gasteiger partial charge in [0.1, 0.15) is 11.3 Å². The zero-order chi connectivity index (χ0) is 25.8. The second kappa shape index (κ2) is 11.3. The minimum absolute atomic E-state index is 0.0130. The molecule has 0 saturated carbocycles. The molecule has 0 radical (unpaired) electrons. The molecule has 0 bridgehead atoms. The number of carbonyl (C=O) groups excluding carboxylic acids is 3. The van der Waals surface area contributed by atoms with Gasteiger partial charge in [-0.3, -0.25) is 9.59 Å². The van der Waals surface area contributed by atoms with Crippen LogP contribution in [0.15, 0.2) is 45.7 Å². The molecule has 1 aliphatic carbocycles. The number of nitrogens with one attached hydrogen (secondary N) is 2. The second-order valence-corrected chi connectivity index (χ2v) is 10.7. The number of Topliss-reactive ketones (excluding diaryl/α,β-unsaturated/α-hetero) is 1. The van der Waals surface area contributed by atoms with Crippen LogP contribution in [0.2, 0.25) is 0 Å². The molecule has 2 aromatic heterocycles. The quantitative estimate of drug-likeness (QED) is 0.288. The minimum Gasteiger partial charge on any atom is -0.453 e. The third kappa shape index (κ3) is 6.10. The van der Waals surface area contributed by atoms with E-state index in [-0.39, 0.29) is 23.6 Å². The Morgan fingerprint density at radius 3 is 2.76 bits per heavy atom. The molecule has 2 N–H and O–H groups in total. The predicted molar refractivity (Wildman–Crippen MR) is 144 cm³/mol. The number of carbonyl (C=O) groups is 3. The number of furan rings is 1. The van der Waals surface area contributed by atoms with Crippen molar-refractivity contribution in [1.82, 2.24) is 15.2 Å². The SMILES string of the molecule is CC(=O)c1cc2cc(NC(=O)c3csc(C4CCN(C(=O)NCCC5=CCCCC5)CC4)n3)ccc2o1. The lowest BCUT2D eigenvalue weighted by Crippen LogP contribution is -2.44. The molecule has 3 amide bonds. The number of anilines is 1. The van der Waals surface area contributed by atoms with Crippen molar-refractivity contribution in [3.8, 4) is 0 Å². The number of piperidine rings is 1. The summed E-state index contributed by atoms with van der Waals surface area (Å²) in [6.45, 7) is 3.53. The van der Waals surface area contributed by atoms with Crippen LogP contribution < -0.4 is 10.6 Å². The third-order valence-corrected chi connectivity index (χ3v) is 8.12. The van der Waals surface area contributed by atoms with Gasteiger partial charge in [0.2, 0.25) is 0 Å². The second-order valence-electron chi connectivity index (χ2n) is 9.80. The summed E-state index contributed by atoms with van der Waals surface area (Å²) in [4.78, 5) is 43.4. The van der Waals surface area contributed by atoms with E-state index in [0.717, 1.165) is 36.1 Å². The molecule has 1 saturated heterocycles. The molecule has 0 atom stereocenters. The zero-order valence-electron chi connectivity index (χ0n) is 21.0. The van der Waals surface area contributed by atoms with Crippen molar-refractivity contribution in [2.45, 2.75) is 57.8 Å². The summed E-state index contributed by atoms with van der Waals surface area (Å²) in [5, 5.41) is 9.43. The van der Waals surface area contributed by atoms with Crippen LogP contribution in [0, 0.1) is 0 Å². The van der Waals surface area contributed by atoms with E-state index in [0.29, 0.717) is 42.4 Å². The van der Waals surface area contributed by atoms with E-state index in [4.69, 9.17) is 4.42 Å². The molecule has 0 unspecified atom stereocenters. The molecule has 1 aromatic carbocycles. The van der Waals surface area contributed by atoms with Gasteiger partial charge in [-0.2, -0.15) is 0 Å². The van der Waals surface area contributed by atoms with Crippen LogP contribution in [0.1, 0.15) is 83.8 Å². The van der Waals surface area contributed by atoms with Crippen LogP contribution in [-0.4, -0.2) is 47.2 Å². The van der Waals surface area contributed by atoms with Gasteiger partial charge in [-0.05, 0) is 69.2 Å². The van der Waals surface area contributed by atoms with E-state index in [1.807, 2.05) is 4.90 Å². The number of amides is 3.